The molecule has 2 aromatic heterocycles. The molecular weight excluding hydrogens is 276 g/mol. The first-order chi connectivity index (χ1) is 10.9. The van der Waals surface area contributed by atoms with Gasteiger partial charge < -0.3 is 15.0 Å². The largest absolute Gasteiger partial charge is 0.487 e. The molecule has 2 saturated heterocycles. The molecule has 2 atom stereocenters. The predicted molar refractivity (Wildman–Crippen MR) is 84.9 cm³/mol. The third-order valence-corrected chi connectivity index (χ3v) is 4.42. The second kappa shape index (κ2) is 5.93. The number of pyridine rings is 2. The maximum Gasteiger partial charge on any atom is 0.138 e. The number of nitrogens with zero attached hydrogens (tertiary/aromatic N) is 3. The third kappa shape index (κ3) is 2.90. The van der Waals surface area contributed by atoms with Gasteiger partial charge in [0.1, 0.15) is 12.4 Å². The van der Waals surface area contributed by atoms with E-state index in [-0.39, 0.29) is 0 Å². The van der Waals surface area contributed by atoms with Gasteiger partial charge in [0.2, 0.25) is 0 Å². The highest BCUT2D eigenvalue weighted by atomic mass is 16.5. The Bertz CT molecular complexity index is 622. The van der Waals surface area contributed by atoms with Gasteiger partial charge in [0, 0.05) is 43.6 Å². The van der Waals surface area contributed by atoms with Crippen LogP contribution in [0.1, 0.15) is 12.0 Å². The zero-order chi connectivity index (χ0) is 14.8. The topological polar surface area (TPSA) is 50.3 Å². The average Bonchev–Trinajstić information content (AvgIpc) is 2.92. The average molecular weight is 296 g/mol. The molecule has 0 saturated carbocycles. The molecular formula is C17H20N4O. The molecule has 2 fully saturated rings. The fourth-order valence-electron chi connectivity index (χ4n) is 3.37. The molecule has 22 heavy (non-hydrogen) atoms. The highest BCUT2D eigenvalue weighted by Gasteiger charge is 2.32. The van der Waals surface area contributed by atoms with E-state index in [0.29, 0.717) is 12.6 Å². The van der Waals surface area contributed by atoms with Crippen molar-refractivity contribution in [2.24, 2.45) is 5.92 Å². The maximum absolute atomic E-state index is 5.76. The first-order valence-electron chi connectivity index (χ1n) is 7.82. The van der Waals surface area contributed by atoms with Gasteiger partial charge in [0.05, 0.1) is 18.1 Å². The Morgan fingerprint density at radius 1 is 1.23 bits per heavy atom. The Hall–Kier alpha value is -2.14. The molecule has 0 radical (unpaired) electrons. The highest BCUT2D eigenvalue weighted by molar-refractivity contribution is 5.47. The molecule has 0 spiro atoms. The minimum Gasteiger partial charge on any atom is -0.487 e. The van der Waals surface area contributed by atoms with Crippen LogP contribution in [0.4, 0.5) is 5.69 Å². The Labute approximate surface area is 130 Å². The van der Waals surface area contributed by atoms with Gasteiger partial charge in [-0.05, 0) is 30.5 Å². The smallest absolute Gasteiger partial charge is 0.138 e. The van der Waals surface area contributed by atoms with Crippen LogP contribution in [0.5, 0.6) is 5.75 Å². The number of ether oxygens (including phenoxy) is 1. The predicted octanol–water partition coefficient (Wildman–Crippen LogP) is 1.85. The highest BCUT2D eigenvalue weighted by Crippen LogP contribution is 2.27. The molecule has 2 unspecified atom stereocenters. The first-order valence-corrected chi connectivity index (χ1v) is 7.82. The van der Waals surface area contributed by atoms with Crippen molar-refractivity contribution >= 4 is 5.69 Å². The number of rotatable bonds is 4. The van der Waals surface area contributed by atoms with E-state index in [4.69, 9.17) is 4.74 Å². The van der Waals surface area contributed by atoms with Crippen LogP contribution in [0.15, 0.2) is 43.0 Å². The number of anilines is 1. The standard InChI is InChI=1S/C17H20N4O/c1-2-17(9-18-3-1)22-12-14-5-16(8-19-6-14)21-10-13-4-15(11-21)20-7-13/h1-3,5-6,8-9,13,15,20H,4,7,10-12H2. The molecule has 0 aromatic carbocycles. The Kier molecular flexibility index (Phi) is 3.64. The summed E-state index contributed by atoms with van der Waals surface area (Å²) in [7, 11) is 0. The number of hydrogen-bond acceptors (Lipinski definition) is 5. The van der Waals surface area contributed by atoms with E-state index in [1.165, 1.54) is 12.1 Å². The molecule has 2 bridgehead atoms. The van der Waals surface area contributed by atoms with E-state index in [9.17, 15) is 0 Å². The monoisotopic (exact) mass is 296 g/mol. The number of nitrogens with one attached hydrogen (secondary N) is 1. The van der Waals surface area contributed by atoms with E-state index in [0.717, 1.165) is 36.9 Å². The van der Waals surface area contributed by atoms with Gasteiger partial charge in [0.25, 0.3) is 0 Å². The van der Waals surface area contributed by atoms with Gasteiger partial charge in [0.15, 0.2) is 0 Å². The van der Waals surface area contributed by atoms with Crippen LogP contribution >= 0.6 is 0 Å². The molecule has 4 rings (SSSR count). The third-order valence-electron chi connectivity index (χ3n) is 4.42. The van der Waals surface area contributed by atoms with Crippen LogP contribution in [0, 0.1) is 5.92 Å². The summed E-state index contributed by atoms with van der Waals surface area (Å²) in [5, 5.41) is 3.59. The normalized spacial score (nSPS) is 23.5. The van der Waals surface area contributed by atoms with Crippen LogP contribution in [-0.2, 0) is 6.61 Å². The van der Waals surface area contributed by atoms with Crippen LogP contribution in [0.25, 0.3) is 0 Å². The van der Waals surface area contributed by atoms with Gasteiger partial charge in [-0.25, -0.2) is 0 Å². The van der Waals surface area contributed by atoms with E-state index >= 15 is 0 Å². The van der Waals surface area contributed by atoms with E-state index < -0.39 is 0 Å². The minimum absolute atomic E-state index is 0.519. The fourth-order valence-corrected chi connectivity index (χ4v) is 3.37. The molecule has 5 heteroatoms. The molecule has 4 heterocycles. The van der Waals surface area contributed by atoms with Gasteiger partial charge >= 0.3 is 0 Å². The van der Waals surface area contributed by atoms with E-state index in [2.05, 4.69) is 26.3 Å². The quantitative estimate of drug-likeness (QED) is 0.933. The zero-order valence-electron chi connectivity index (χ0n) is 12.5. The van der Waals surface area contributed by atoms with Gasteiger partial charge in [-0.2, -0.15) is 0 Å². The van der Waals surface area contributed by atoms with Crippen molar-refractivity contribution in [2.45, 2.75) is 19.1 Å². The number of hydrogen-bond donors (Lipinski definition) is 1. The van der Waals surface area contributed by atoms with Crippen molar-refractivity contribution in [3.8, 4) is 5.75 Å². The van der Waals surface area contributed by atoms with Gasteiger partial charge in [-0.3, -0.25) is 9.97 Å². The van der Waals surface area contributed by atoms with Crippen LogP contribution in [0.2, 0.25) is 0 Å². The number of aromatic nitrogens is 2. The fraction of sp³-hybridized carbons (Fsp3) is 0.412. The van der Waals surface area contributed by atoms with Crippen LogP contribution in [0.3, 0.4) is 0 Å². The maximum atomic E-state index is 5.76. The summed E-state index contributed by atoms with van der Waals surface area (Å²) in [5.74, 6) is 1.56. The SMILES string of the molecule is c1cncc(OCc2cncc(N3CC4CNC(C4)C3)c2)c1. The van der Waals surface area contributed by atoms with Crippen molar-refractivity contribution in [2.75, 3.05) is 24.5 Å². The summed E-state index contributed by atoms with van der Waals surface area (Å²) in [4.78, 5) is 10.9. The van der Waals surface area contributed by atoms with Gasteiger partial charge in [-0.1, -0.05) is 0 Å². The lowest BCUT2D eigenvalue weighted by Crippen LogP contribution is -2.41. The number of fused-ring (bicyclic) bond motifs is 2. The van der Waals surface area contributed by atoms with Crippen LogP contribution in [-0.4, -0.2) is 35.6 Å². The Morgan fingerprint density at radius 2 is 2.23 bits per heavy atom. The lowest BCUT2D eigenvalue weighted by atomic mass is 9.99. The Balaban J connectivity index is 1.44. The zero-order valence-corrected chi connectivity index (χ0v) is 12.5. The van der Waals surface area contributed by atoms with Crippen molar-refractivity contribution in [1.29, 1.82) is 0 Å². The molecule has 2 aliphatic heterocycles. The van der Waals surface area contributed by atoms with Crippen molar-refractivity contribution < 1.29 is 4.74 Å². The molecule has 114 valence electrons. The number of piperidine rings is 1. The molecule has 5 nitrogen and oxygen atoms in total. The second-order valence-corrected chi connectivity index (χ2v) is 6.14. The summed E-state index contributed by atoms with van der Waals surface area (Å²) < 4.78 is 5.76. The van der Waals surface area contributed by atoms with Crippen molar-refractivity contribution in [3.63, 3.8) is 0 Å². The minimum atomic E-state index is 0.519. The molecule has 1 N–H and O–H groups in total. The second-order valence-electron chi connectivity index (χ2n) is 6.14. The summed E-state index contributed by atoms with van der Waals surface area (Å²) in [6.07, 6.45) is 8.61. The molecule has 0 amide bonds. The molecule has 0 aliphatic carbocycles. The Morgan fingerprint density at radius 3 is 3.09 bits per heavy atom. The lowest BCUT2D eigenvalue weighted by molar-refractivity contribution is 0.304. The van der Waals surface area contributed by atoms with Crippen LogP contribution < -0.4 is 15.0 Å². The summed E-state index contributed by atoms with van der Waals surface area (Å²) in [6, 6.07) is 6.61. The summed E-state index contributed by atoms with van der Waals surface area (Å²) in [6.45, 7) is 3.87. The van der Waals surface area contributed by atoms with E-state index in [1.54, 1.807) is 12.4 Å². The summed E-state index contributed by atoms with van der Waals surface area (Å²) in [5.41, 5.74) is 2.29. The first kappa shape index (κ1) is 13.5. The van der Waals surface area contributed by atoms with E-state index in [1.807, 2.05) is 24.5 Å². The summed E-state index contributed by atoms with van der Waals surface area (Å²) >= 11 is 0. The molecule has 2 aliphatic rings. The lowest BCUT2D eigenvalue weighted by Gasteiger charge is -2.32. The molecule has 2 aromatic rings. The van der Waals surface area contributed by atoms with Gasteiger partial charge in [-0.15, -0.1) is 0 Å². The van der Waals surface area contributed by atoms with Crippen molar-refractivity contribution in [1.82, 2.24) is 15.3 Å². The van der Waals surface area contributed by atoms with Crippen molar-refractivity contribution in [3.05, 3.63) is 48.5 Å².